The van der Waals surface area contributed by atoms with Gasteiger partial charge in [0.25, 0.3) is 0 Å². The molecule has 2 rings (SSSR count). The minimum absolute atomic E-state index is 0.183. The van der Waals surface area contributed by atoms with Crippen LogP contribution >= 0.6 is 0 Å². The minimum atomic E-state index is -0.991. The molecule has 1 aromatic carbocycles. The molecule has 0 saturated carbocycles. The van der Waals surface area contributed by atoms with Gasteiger partial charge < -0.3 is 5.11 Å². The van der Waals surface area contributed by atoms with Gasteiger partial charge in [0.2, 0.25) is 0 Å². The van der Waals surface area contributed by atoms with E-state index in [2.05, 4.69) is 5.10 Å². The summed E-state index contributed by atoms with van der Waals surface area (Å²) in [6.07, 6.45) is 2.58. The largest absolute Gasteiger partial charge is 0.481 e. The van der Waals surface area contributed by atoms with Gasteiger partial charge in [0.1, 0.15) is 11.6 Å². The molecule has 0 saturated heterocycles. The molecule has 0 radical (unpaired) electrons. The summed E-state index contributed by atoms with van der Waals surface area (Å²) in [6.45, 7) is 0. The van der Waals surface area contributed by atoms with Crippen molar-refractivity contribution in [3.05, 3.63) is 47.8 Å². The number of rotatable bonds is 3. The minimum Gasteiger partial charge on any atom is -0.481 e. The fraction of sp³-hybridized carbons (Fsp3) is 0.0909. The highest BCUT2D eigenvalue weighted by Gasteiger charge is 2.07. The first-order chi connectivity index (χ1) is 8.04. The lowest BCUT2D eigenvalue weighted by Gasteiger charge is -2.01. The third kappa shape index (κ3) is 2.66. The van der Waals surface area contributed by atoms with Crippen molar-refractivity contribution in [1.29, 1.82) is 0 Å². The Balaban J connectivity index is 2.33. The van der Waals surface area contributed by atoms with Crippen LogP contribution in [0.2, 0.25) is 0 Å². The Morgan fingerprint density at radius 2 is 1.94 bits per heavy atom. The lowest BCUT2D eigenvalue weighted by molar-refractivity contribution is -0.136. The monoisotopic (exact) mass is 238 g/mol. The summed E-state index contributed by atoms with van der Waals surface area (Å²) in [5.41, 5.74) is 0.668. The number of carbonyl (C=O) groups is 1. The number of benzene rings is 1. The SMILES string of the molecule is O=C(O)Cc1cnn(-c2cc(F)cc(F)c2)c1. The zero-order valence-corrected chi connectivity index (χ0v) is 8.60. The number of aromatic nitrogens is 2. The quantitative estimate of drug-likeness (QED) is 0.886. The number of aliphatic carboxylic acids is 1. The predicted octanol–water partition coefficient (Wildman–Crippen LogP) is 1.78. The van der Waals surface area contributed by atoms with Crippen molar-refractivity contribution < 1.29 is 18.7 Å². The highest BCUT2D eigenvalue weighted by Crippen LogP contribution is 2.13. The summed E-state index contributed by atoms with van der Waals surface area (Å²) in [5, 5.41) is 12.4. The Morgan fingerprint density at radius 1 is 1.29 bits per heavy atom. The second-order valence-corrected chi connectivity index (χ2v) is 3.49. The van der Waals surface area contributed by atoms with Crippen molar-refractivity contribution in [3.8, 4) is 5.69 Å². The van der Waals surface area contributed by atoms with Gasteiger partial charge in [-0.1, -0.05) is 0 Å². The molecule has 0 aliphatic rings. The number of carboxylic acid groups (broad SMARTS) is 1. The van der Waals surface area contributed by atoms with E-state index in [9.17, 15) is 13.6 Å². The molecule has 1 N–H and O–H groups in total. The second-order valence-electron chi connectivity index (χ2n) is 3.49. The summed E-state index contributed by atoms with van der Waals surface area (Å²) in [6, 6.07) is 2.98. The van der Waals surface area contributed by atoms with Crippen LogP contribution in [0.25, 0.3) is 5.69 Å². The van der Waals surface area contributed by atoms with Gasteiger partial charge in [-0.25, -0.2) is 13.5 Å². The molecule has 2 aromatic rings. The molecule has 6 heteroatoms. The Kier molecular flexibility index (Phi) is 2.86. The second kappa shape index (κ2) is 4.32. The average Bonchev–Trinajstić information content (AvgIpc) is 2.63. The van der Waals surface area contributed by atoms with Crippen molar-refractivity contribution in [1.82, 2.24) is 9.78 Å². The molecule has 0 unspecified atom stereocenters. The Bertz CT molecular complexity index is 546. The Labute approximate surface area is 95.1 Å². The van der Waals surface area contributed by atoms with Gasteiger partial charge in [-0.05, 0) is 12.1 Å². The molecule has 0 spiro atoms. The molecule has 1 heterocycles. The van der Waals surface area contributed by atoms with Crippen molar-refractivity contribution >= 4 is 5.97 Å². The number of hydrogen-bond acceptors (Lipinski definition) is 2. The lowest BCUT2D eigenvalue weighted by Crippen LogP contribution is -1.99. The van der Waals surface area contributed by atoms with Crippen LogP contribution in [0.3, 0.4) is 0 Å². The van der Waals surface area contributed by atoms with Crippen LogP contribution in [0.4, 0.5) is 8.78 Å². The molecule has 0 bridgehead atoms. The maximum absolute atomic E-state index is 13.0. The van der Waals surface area contributed by atoms with Crippen LogP contribution in [-0.4, -0.2) is 20.9 Å². The third-order valence-electron chi connectivity index (χ3n) is 2.10. The van der Waals surface area contributed by atoms with Gasteiger partial charge in [-0.2, -0.15) is 5.10 Å². The molecule has 0 amide bonds. The van der Waals surface area contributed by atoms with E-state index in [-0.39, 0.29) is 12.1 Å². The average molecular weight is 238 g/mol. The van der Waals surface area contributed by atoms with E-state index in [1.165, 1.54) is 17.1 Å². The lowest BCUT2D eigenvalue weighted by atomic mass is 10.2. The fourth-order valence-corrected chi connectivity index (χ4v) is 1.44. The maximum Gasteiger partial charge on any atom is 0.307 e. The van der Waals surface area contributed by atoms with E-state index in [1.54, 1.807) is 0 Å². The summed E-state index contributed by atoms with van der Waals surface area (Å²) >= 11 is 0. The Hall–Kier alpha value is -2.24. The number of halogens is 2. The van der Waals surface area contributed by atoms with Gasteiger partial charge in [-0.3, -0.25) is 4.79 Å². The van der Waals surface area contributed by atoms with Gasteiger partial charge in [0.15, 0.2) is 0 Å². The number of nitrogens with zero attached hydrogens (tertiary/aromatic N) is 2. The standard InChI is InChI=1S/C11H8F2N2O2/c12-8-2-9(13)4-10(3-8)15-6-7(5-14-15)1-11(16)17/h2-6H,1H2,(H,16,17). The summed E-state index contributed by atoms with van der Waals surface area (Å²) < 4.78 is 27.1. The number of hydrogen-bond donors (Lipinski definition) is 1. The Morgan fingerprint density at radius 3 is 2.53 bits per heavy atom. The van der Waals surface area contributed by atoms with Crippen LogP contribution < -0.4 is 0 Å². The summed E-state index contributed by atoms with van der Waals surface area (Å²) in [4.78, 5) is 10.5. The maximum atomic E-state index is 13.0. The van der Waals surface area contributed by atoms with Gasteiger partial charge in [0.05, 0.1) is 18.3 Å². The molecule has 0 aliphatic carbocycles. The van der Waals surface area contributed by atoms with Crippen LogP contribution in [-0.2, 0) is 11.2 Å². The first-order valence-corrected chi connectivity index (χ1v) is 4.76. The summed E-state index contributed by atoms with van der Waals surface area (Å²) in [7, 11) is 0. The number of carboxylic acids is 1. The van der Waals surface area contributed by atoms with Crippen LogP contribution in [0.5, 0.6) is 0 Å². The molecule has 17 heavy (non-hydrogen) atoms. The normalized spacial score (nSPS) is 10.5. The zero-order chi connectivity index (χ0) is 12.4. The fourth-order valence-electron chi connectivity index (χ4n) is 1.44. The summed E-state index contributed by atoms with van der Waals surface area (Å²) in [5.74, 6) is -2.42. The van der Waals surface area contributed by atoms with Gasteiger partial charge in [-0.15, -0.1) is 0 Å². The van der Waals surface area contributed by atoms with Crippen LogP contribution in [0.15, 0.2) is 30.6 Å². The van der Waals surface area contributed by atoms with E-state index in [1.807, 2.05) is 0 Å². The first kappa shape index (κ1) is 11.3. The molecule has 0 atom stereocenters. The molecular weight excluding hydrogens is 230 g/mol. The molecule has 0 aliphatic heterocycles. The van der Waals surface area contributed by atoms with E-state index < -0.39 is 17.6 Å². The van der Waals surface area contributed by atoms with Crippen molar-refractivity contribution in [2.24, 2.45) is 0 Å². The van der Waals surface area contributed by atoms with Crippen LogP contribution in [0, 0.1) is 11.6 Å². The van der Waals surface area contributed by atoms with E-state index >= 15 is 0 Å². The molecule has 0 fully saturated rings. The molecule has 88 valence electrons. The van der Waals surface area contributed by atoms with E-state index in [0.29, 0.717) is 5.56 Å². The highest BCUT2D eigenvalue weighted by molar-refractivity contribution is 5.69. The highest BCUT2D eigenvalue weighted by atomic mass is 19.1. The van der Waals surface area contributed by atoms with Crippen molar-refractivity contribution in [3.63, 3.8) is 0 Å². The van der Waals surface area contributed by atoms with Gasteiger partial charge >= 0.3 is 5.97 Å². The molecule has 1 aromatic heterocycles. The van der Waals surface area contributed by atoms with Gasteiger partial charge in [0, 0.05) is 17.8 Å². The molecular formula is C11H8F2N2O2. The first-order valence-electron chi connectivity index (χ1n) is 4.76. The third-order valence-corrected chi connectivity index (χ3v) is 2.10. The zero-order valence-electron chi connectivity index (χ0n) is 8.60. The molecule has 4 nitrogen and oxygen atoms in total. The van der Waals surface area contributed by atoms with Crippen molar-refractivity contribution in [2.45, 2.75) is 6.42 Å². The topological polar surface area (TPSA) is 55.1 Å². The predicted molar refractivity (Wildman–Crippen MR) is 54.8 cm³/mol. The van der Waals surface area contributed by atoms with Crippen LogP contribution in [0.1, 0.15) is 5.56 Å². The van der Waals surface area contributed by atoms with E-state index in [4.69, 9.17) is 5.11 Å². The van der Waals surface area contributed by atoms with E-state index in [0.717, 1.165) is 18.2 Å². The smallest absolute Gasteiger partial charge is 0.307 e. The van der Waals surface area contributed by atoms with Crippen molar-refractivity contribution in [2.75, 3.05) is 0 Å².